The molecule has 0 aliphatic heterocycles. The van der Waals surface area contributed by atoms with E-state index in [9.17, 15) is 0 Å². The van der Waals surface area contributed by atoms with Crippen LogP contribution in [0, 0.1) is 0 Å². The first-order chi connectivity index (χ1) is 0. The molecule has 0 unspecified atom stereocenters. The average molecular weight is 263 g/mol. The number of hydrogen-bond donors (Lipinski definition) is 0. The third-order valence-electron chi connectivity index (χ3n) is 0. The Balaban J connectivity index is 0. The summed E-state index contributed by atoms with van der Waals surface area (Å²) >= 11 is 0. The average Bonchev–Trinajstić information content (AvgIpc) is 0. The fourth-order valence-corrected chi connectivity index (χ4v) is 0. The summed E-state index contributed by atoms with van der Waals surface area (Å²) in [5, 5.41) is 0. The van der Waals surface area contributed by atoms with Crippen LogP contribution < -0.4 is 0 Å². The minimum Gasteiger partial charge on any atom is 0 e. The Hall–Kier alpha value is 2.66. The van der Waals surface area contributed by atoms with Gasteiger partial charge in [-0.25, -0.2) is 0 Å². The van der Waals surface area contributed by atoms with Gasteiger partial charge < -0.3 is 0 Å². The molecule has 0 atom stereocenters. The van der Waals surface area contributed by atoms with Crippen molar-refractivity contribution in [3.8, 4) is 0 Å². The summed E-state index contributed by atoms with van der Waals surface area (Å²) in [6.07, 6.45) is 0. The van der Waals surface area contributed by atoms with Crippen LogP contribution in [0.3, 0.4) is 0 Å². The van der Waals surface area contributed by atoms with E-state index in [2.05, 4.69) is 0 Å². The van der Waals surface area contributed by atoms with Gasteiger partial charge in [0.05, 0.1) is 0 Å². The SMILES string of the molecule is [Co].[Cr].[Cu].[Y]. The summed E-state index contributed by atoms with van der Waals surface area (Å²) < 4.78 is 0. The molecule has 4 heavy (non-hydrogen) atoms. The fraction of sp³-hybridized carbons (Fsp3) is 0. The minimum atomic E-state index is 0. The van der Waals surface area contributed by atoms with Crippen LogP contribution >= 0.6 is 0 Å². The standard InChI is InChI=1S/Co.Cr.Cu.Y. The molecule has 0 aromatic carbocycles. The first kappa shape index (κ1) is 30.1. The summed E-state index contributed by atoms with van der Waals surface area (Å²) in [7, 11) is 0. The molecule has 0 aromatic heterocycles. The summed E-state index contributed by atoms with van der Waals surface area (Å²) in [5.74, 6) is 0. The van der Waals surface area contributed by atoms with Crippen LogP contribution in [-0.4, -0.2) is 0 Å². The molecule has 0 heterocycles. The second-order valence-corrected chi connectivity index (χ2v) is 0. The smallest absolute Gasteiger partial charge is 0 e. The molecule has 0 aromatic rings. The first-order valence-electron chi connectivity index (χ1n) is 0. The second-order valence-electron chi connectivity index (χ2n) is 0. The third-order valence-corrected chi connectivity index (χ3v) is 0. The largest absolute Gasteiger partial charge is 0 e. The Kier molecular flexibility index (Phi) is 131. The Labute approximate surface area is 82.5 Å². The summed E-state index contributed by atoms with van der Waals surface area (Å²) in [6.45, 7) is 0. The Morgan fingerprint density at radius 2 is 1.00 bits per heavy atom. The van der Waals surface area contributed by atoms with Crippen molar-refractivity contribution in [2.24, 2.45) is 0 Å². The van der Waals surface area contributed by atoms with Gasteiger partial charge >= 0.3 is 0 Å². The normalized spacial score (nSPS) is 0. The van der Waals surface area contributed by atoms with Crippen LogP contribution in [0.25, 0.3) is 0 Å². The predicted molar refractivity (Wildman–Crippen MR) is 0 cm³/mol. The Morgan fingerprint density at radius 1 is 1.00 bits per heavy atom. The van der Waals surface area contributed by atoms with E-state index in [0.717, 1.165) is 0 Å². The minimum absolute atomic E-state index is 0. The summed E-state index contributed by atoms with van der Waals surface area (Å²) in [6, 6.07) is 0. The van der Waals surface area contributed by atoms with Crippen molar-refractivity contribution in [2.75, 3.05) is 0 Å². The van der Waals surface area contributed by atoms with E-state index in [1.54, 1.807) is 0 Å². The maximum atomic E-state index is 0. The van der Waals surface area contributed by atoms with Crippen LogP contribution in [0.4, 0.5) is 0 Å². The van der Waals surface area contributed by atoms with Crippen molar-refractivity contribution < 1.29 is 83.9 Å². The van der Waals surface area contributed by atoms with E-state index in [0.29, 0.717) is 0 Å². The Bertz CT molecular complexity index is 8.00. The van der Waals surface area contributed by atoms with Gasteiger partial charge in [0.2, 0.25) is 0 Å². The maximum absolute atomic E-state index is 0. The van der Waals surface area contributed by atoms with Gasteiger partial charge in [0.25, 0.3) is 0 Å². The summed E-state index contributed by atoms with van der Waals surface area (Å²) in [4.78, 5) is 0. The first-order valence-corrected chi connectivity index (χ1v) is 0. The van der Waals surface area contributed by atoms with Gasteiger partial charge in [0.1, 0.15) is 0 Å². The van der Waals surface area contributed by atoms with E-state index in [-0.39, 0.29) is 83.9 Å². The van der Waals surface area contributed by atoms with Crippen LogP contribution in [0.5, 0.6) is 0 Å². The molecule has 0 nitrogen and oxygen atoms in total. The molecule has 0 rings (SSSR count). The molecule has 0 bridgehead atoms. The van der Waals surface area contributed by atoms with Gasteiger partial charge in [-0.05, 0) is 0 Å². The van der Waals surface area contributed by atoms with Gasteiger partial charge in [-0.2, -0.15) is 0 Å². The molecule has 0 N–H and O–H groups in total. The van der Waals surface area contributed by atoms with Crippen molar-refractivity contribution in [1.82, 2.24) is 0 Å². The molecular formula is CoCrCuY. The molecule has 0 spiro atoms. The van der Waals surface area contributed by atoms with Crippen LogP contribution in [0.1, 0.15) is 0 Å². The van der Waals surface area contributed by atoms with Crippen LogP contribution in [0.15, 0.2) is 0 Å². The van der Waals surface area contributed by atoms with Crippen LogP contribution in [-0.2, 0) is 83.9 Å². The van der Waals surface area contributed by atoms with Crippen molar-refractivity contribution in [3.63, 3.8) is 0 Å². The maximum Gasteiger partial charge on any atom is 0 e. The molecule has 0 aliphatic carbocycles. The fourth-order valence-electron chi connectivity index (χ4n) is 0. The van der Waals surface area contributed by atoms with E-state index >= 15 is 0 Å². The van der Waals surface area contributed by atoms with E-state index < -0.39 is 0 Å². The molecule has 29 valence electrons. The number of hydrogen-bond acceptors (Lipinski definition) is 0. The molecule has 4 heteroatoms. The molecule has 3 radical (unpaired) electrons. The molecule has 0 aliphatic rings. The van der Waals surface area contributed by atoms with E-state index in [1.807, 2.05) is 0 Å². The Morgan fingerprint density at radius 3 is 1.00 bits per heavy atom. The van der Waals surface area contributed by atoms with Gasteiger partial charge in [0, 0.05) is 83.9 Å². The topological polar surface area (TPSA) is 0 Å². The predicted octanol–water partition coefficient (Wildman–Crippen LogP) is -0.0100. The van der Waals surface area contributed by atoms with E-state index in [4.69, 9.17) is 0 Å². The number of rotatable bonds is 0. The van der Waals surface area contributed by atoms with E-state index in [1.165, 1.54) is 0 Å². The van der Waals surface area contributed by atoms with Gasteiger partial charge in [-0.1, -0.05) is 0 Å². The van der Waals surface area contributed by atoms with Crippen molar-refractivity contribution in [2.45, 2.75) is 0 Å². The van der Waals surface area contributed by atoms with Crippen molar-refractivity contribution in [1.29, 1.82) is 0 Å². The zero-order chi connectivity index (χ0) is 0. The molecule has 0 saturated carbocycles. The molecule has 0 amide bonds. The second kappa shape index (κ2) is 17.4. The van der Waals surface area contributed by atoms with Crippen molar-refractivity contribution in [3.05, 3.63) is 0 Å². The zero-order valence-corrected chi connectivity index (χ0v) is 7.72. The monoisotopic (exact) mass is 263 g/mol. The molecule has 0 saturated heterocycles. The molecule has 0 fully saturated rings. The third kappa shape index (κ3) is 8.82. The van der Waals surface area contributed by atoms with Crippen molar-refractivity contribution >= 4 is 0 Å². The van der Waals surface area contributed by atoms with Gasteiger partial charge in [-0.15, -0.1) is 0 Å². The van der Waals surface area contributed by atoms with Crippen LogP contribution in [0.2, 0.25) is 0 Å². The van der Waals surface area contributed by atoms with Gasteiger partial charge in [0.15, 0.2) is 0 Å². The quantitative estimate of drug-likeness (QED) is 0.539. The summed E-state index contributed by atoms with van der Waals surface area (Å²) in [5.41, 5.74) is 0. The zero-order valence-electron chi connectivity index (χ0n) is 1.62. The van der Waals surface area contributed by atoms with Gasteiger partial charge in [-0.3, -0.25) is 0 Å². The molecular weight excluding hydrogens is 263 g/mol.